The summed E-state index contributed by atoms with van der Waals surface area (Å²) in [6.07, 6.45) is 2.95. The Hall–Kier alpha value is -3.33. The molecule has 7 nitrogen and oxygen atoms in total. The summed E-state index contributed by atoms with van der Waals surface area (Å²) in [5, 5.41) is 18.8. The number of rotatable bonds is 8. The van der Waals surface area contributed by atoms with Crippen molar-refractivity contribution in [1.29, 1.82) is 5.41 Å². The molecule has 0 unspecified atom stereocenters. The molecule has 0 fully saturated rings. The van der Waals surface area contributed by atoms with Crippen molar-refractivity contribution in [1.82, 2.24) is 15.3 Å². The van der Waals surface area contributed by atoms with Gasteiger partial charge in [-0.2, -0.15) is 0 Å². The van der Waals surface area contributed by atoms with Crippen LogP contribution >= 0.6 is 11.3 Å². The minimum Gasteiger partial charge on any atom is -0.380 e. The third-order valence-corrected chi connectivity index (χ3v) is 4.73. The van der Waals surface area contributed by atoms with Crippen LogP contribution in [0.15, 0.2) is 41.9 Å². The molecule has 2 aromatic heterocycles. The molecule has 0 atom stereocenters. The zero-order valence-electron chi connectivity index (χ0n) is 15.1. The lowest BCUT2D eigenvalue weighted by Gasteiger charge is -2.12. The van der Waals surface area contributed by atoms with Crippen molar-refractivity contribution in [2.24, 2.45) is 0 Å². The number of nitrogens with zero attached hydrogens (tertiary/aromatic N) is 2. The normalized spacial score (nSPS) is 10.4. The number of carbonyl (C=O) groups is 1. The maximum Gasteiger partial charge on any atom is 0.225 e. The first-order valence-electron chi connectivity index (χ1n) is 8.49. The largest absolute Gasteiger partial charge is 0.380 e. The molecular formula is C19H19FN6OS. The Morgan fingerprint density at radius 2 is 2.18 bits per heavy atom. The van der Waals surface area contributed by atoms with Gasteiger partial charge in [0.2, 0.25) is 5.91 Å². The molecule has 0 radical (unpaired) electrons. The SMILES string of the molecule is CNC(=O)Cc1csc(Nc2cc(NCc3ccccc3F)c(C=N)cn2)n1. The number of halogens is 1. The molecular weight excluding hydrogens is 379 g/mol. The first-order valence-corrected chi connectivity index (χ1v) is 9.37. The zero-order chi connectivity index (χ0) is 19.9. The van der Waals surface area contributed by atoms with Gasteiger partial charge in [-0.05, 0) is 6.07 Å². The van der Waals surface area contributed by atoms with E-state index in [1.807, 2.05) is 0 Å². The molecule has 0 saturated carbocycles. The molecule has 3 rings (SSSR count). The van der Waals surface area contributed by atoms with E-state index >= 15 is 0 Å². The van der Waals surface area contributed by atoms with Crippen LogP contribution in [0.1, 0.15) is 16.8 Å². The van der Waals surface area contributed by atoms with Crippen molar-refractivity contribution in [3.8, 4) is 0 Å². The van der Waals surface area contributed by atoms with E-state index in [-0.39, 0.29) is 24.7 Å². The Balaban J connectivity index is 1.72. The number of anilines is 3. The molecule has 1 amide bonds. The number of nitrogens with one attached hydrogen (secondary N) is 4. The lowest BCUT2D eigenvalue weighted by Crippen LogP contribution is -2.20. The second-order valence-electron chi connectivity index (χ2n) is 5.87. The highest BCUT2D eigenvalue weighted by Gasteiger charge is 2.09. The Labute approximate surface area is 165 Å². The van der Waals surface area contributed by atoms with Gasteiger partial charge < -0.3 is 21.4 Å². The van der Waals surface area contributed by atoms with E-state index in [2.05, 4.69) is 25.9 Å². The number of benzene rings is 1. The van der Waals surface area contributed by atoms with Gasteiger partial charge in [-0.3, -0.25) is 4.79 Å². The number of pyridine rings is 1. The van der Waals surface area contributed by atoms with E-state index in [4.69, 9.17) is 5.41 Å². The van der Waals surface area contributed by atoms with Crippen molar-refractivity contribution in [2.75, 3.05) is 17.7 Å². The first kappa shape index (κ1) is 19.4. The molecule has 0 bridgehead atoms. The Morgan fingerprint density at radius 3 is 2.93 bits per heavy atom. The molecule has 3 aromatic rings. The minimum absolute atomic E-state index is 0.107. The number of amides is 1. The summed E-state index contributed by atoms with van der Waals surface area (Å²) >= 11 is 1.37. The monoisotopic (exact) mass is 398 g/mol. The van der Waals surface area contributed by atoms with Gasteiger partial charge >= 0.3 is 0 Å². The van der Waals surface area contributed by atoms with E-state index in [1.54, 1.807) is 42.9 Å². The molecule has 0 aliphatic rings. The fourth-order valence-electron chi connectivity index (χ4n) is 2.44. The average Bonchev–Trinajstić information content (AvgIpc) is 3.14. The van der Waals surface area contributed by atoms with Gasteiger partial charge in [-0.15, -0.1) is 11.3 Å². The molecule has 144 valence electrons. The molecule has 28 heavy (non-hydrogen) atoms. The summed E-state index contributed by atoms with van der Waals surface area (Å²) in [6.45, 7) is 0.282. The van der Waals surface area contributed by atoms with Crippen LogP contribution in [0.3, 0.4) is 0 Å². The van der Waals surface area contributed by atoms with Crippen LogP contribution in [0.5, 0.6) is 0 Å². The second-order valence-corrected chi connectivity index (χ2v) is 6.72. The number of thiazole rings is 1. The molecule has 0 saturated heterocycles. The number of likely N-dealkylation sites (N-methyl/N-ethyl adjacent to an activating group) is 1. The maximum atomic E-state index is 13.8. The van der Waals surface area contributed by atoms with Gasteiger partial charge in [0.1, 0.15) is 11.6 Å². The van der Waals surface area contributed by atoms with E-state index in [9.17, 15) is 9.18 Å². The highest BCUT2D eigenvalue weighted by atomic mass is 32.1. The van der Waals surface area contributed by atoms with Gasteiger partial charge in [0.05, 0.1) is 12.1 Å². The van der Waals surface area contributed by atoms with E-state index in [0.29, 0.717) is 33.5 Å². The van der Waals surface area contributed by atoms with Gasteiger partial charge in [-0.25, -0.2) is 14.4 Å². The van der Waals surface area contributed by atoms with Crippen molar-refractivity contribution in [3.05, 3.63) is 64.5 Å². The fraction of sp³-hybridized carbons (Fsp3) is 0.158. The molecule has 9 heteroatoms. The standard InChI is InChI=1S/C19H19FN6OS/c1-22-18(27)6-14-11-28-19(25-14)26-17-7-16(13(8-21)10-24-17)23-9-12-4-2-3-5-15(12)20/h2-5,7-8,10-11,21H,6,9H2,1H3,(H,22,27)(H2,23,24,25,26). The van der Waals surface area contributed by atoms with Gasteiger partial charge in [0, 0.05) is 54.3 Å². The maximum absolute atomic E-state index is 13.8. The van der Waals surface area contributed by atoms with Crippen LogP contribution in [-0.2, 0) is 17.8 Å². The Morgan fingerprint density at radius 1 is 1.36 bits per heavy atom. The van der Waals surface area contributed by atoms with Gasteiger partial charge in [0.15, 0.2) is 5.13 Å². The molecule has 2 heterocycles. The van der Waals surface area contributed by atoms with Gasteiger partial charge in [-0.1, -0.05) is 18.2 Å². The van der Waals surface area contributed by atoms with Crippen molar-refractivity contribution in [2.45, 2.75) is 13.0 Å². The number of aromatic nitrogens is 2. The summed E-state index contributed by atoms with van der Waals surface area (Å²) in [7, 11) is 1.58. The van der Waals surface area contributed by atoms with E-state index < -0.39 is 0 Å². The third kappa shape index (κ3) is 4.89. The molecule has 1 aromatic carbocycles. The first-order chi connectivity index (χ1) is 13.6. The molecule has 0 aliphatic heterocycles. The number of hydrogen-bond acceptors (Lipinski definition) is 7. The van der Waals surface area contributed by atoms with Crippen LogP contribution in [-0.4, -0.2) is 29.1 Å². The third-order valence-electron chi connectivity index (χ3n) is 3.92. The van der Waals surface area contributed by atoms with Gasteiger partial charge in [0.25, 0.3) is 0 Å². The highest BCUT2D eigenvalue weighted by molar-refractivity contribution is 7.13. The van der Waals surface area contributed by atoms with E-state index in [0.717, 1.165) is 0 Å². The summed E-state index contributed by atoms with van der Waals surface area (Å²) < 4.78 is 13.8. The zero-order valence-corrected chi connectivity index (χ0v) is 15.9. The van der Waals surface area contributed by atoms with Crippen LogP contribution in [0.4, 0.5) is 21.0 Å². The second kappa shape index (κ2) is 9.05. The summed E-state index contributed by atoms with van der Waals surface area (Å²) in [6, 6.07) is 8.27. The van der Waals surface area contributed by atoms with E-state index in [1.165, 1.54) is 23.6 Å². The minimum atomic E-state index is -0.287. The lowest BCUT2D eigenvalue weighted by molar-refractivity contribution is -0.120. The lowest BCUT2D eigenvalue weighted by atomic mass is 10.2. The smallest absolute Gasteiger partial charge is 0.225 e. The van der Waals surface area contributed by atoms with Crippen molar-refractivity contribution in [3.63, 3.8) is 0 Å². The number of carbonyl (C=O) groups excluding carboxylic acids is 1. The predicted molar refractivity (Wildman–Crippen MR) is 109 cm³/mol. The quantitative estimate of drug-likeness (QED) is 0.436. The molecule has 4 N–H and O–H groups in total. The summed E-state index contributed by atoms with van der Waals surface area (Å²) in [4.78, 5) is 20.1. The number of hydrogen-bond donors (Lipinski definition) is 4. The Bertz CT molecular complexity index is 990. The summed E-state index contributed by atoms with van der Waals surface area (Å²) in [5.74, 6) is 0.137. The van der Waals surface area contributed by atoms with Crippen molar-refractivity contribution < 1.29 is 9.18 Å². The van der Waals surface area contributed by atoms with Crippen molar-refractivity contribution >= 4 is 40.1 Å². The molecule has 0 aliphatic carbocycles. The topological polar surface area (TPSA) is 103 Å². The highest BCUT2D eigenvalue weighted by Crippen LogP contribution is 2.24. The van der Waals surface area contributed by atoms with Crippen LogP contribution in [0.2, 0.25) is 0 Å². The Kier molecular flexibility index (Phi) is 6.28. The predicted octanol–water partition coefficient (Wildman–Crippen LogP) is 3.32. The summed E-state index contributed by atoms with van der Waals surface area (Å²) in [5.41, 5.74) is 2.43. The fourth-order valence-corrected chi connectivity index (χ4v) is 3.16. The van der Waals surface area contributed by atoms with Crippen LogP contribution < -0.4 is 16.0 Å². The average molecular weight is 398 g/mol. The van der Waals surface area contributed by atoms with Crippen LogP contribution in [0, 0.1) is 11.2 Å². The van der Waals surface area contributed by atoms with Crippen LogP contribution in [0.25, 0.3) is 0 Å². The molecule has 0 spiro atoms.